The van der Waals surface area contributed by atoms with E-state index in [1.165, 1.54) is 10.9 Å². The minimum atomic E-state index is -0.371. The van der Waals surface area contributed by atoms with Crippen LogP contribution in [-0.4, -0.2) is 32.6 Å². The molecule has 0 spiro atoms. The minimum Gasteiger partial charge on any atom is -0.392 e. The van der Waals surface area contributed by atoms with Gasteiger partial charge >= 0.3 is 0 Å². The molecule has 2 aromatic rings. The van der Waals surface area contributed by atoms with Crippen molar-refractivity contribution in [3.63, 3.8) is 0 Å². The fourth-order valence-corrected chi connectivity index (χ4v) is 1.61. The lowest BCUT2D eigenvalue weighted by Gasteiger charge is -2.07. The molecule has 1 heterocycles. The van der Waals surface area contributed by atoms with E-state index in [1.54, 1.807) is 24.3 Å². The van der Waals surface area contributed by atoms with Crippen LogP contribution in [0.2, 0.25) is 0 Å². The van der Waals surface area contributed by atoms with Crippen LogP contribution in [0.5, 0.6) is 0 Å². The van der Waals surface area contributed by atoms with Crippen LogP contribution >= 0.6 is 0 Å². The van der Waals surface area contributed by atoms with Crippen molar-refractivity contribution < 1.29 is 9.90 Å². The standard InChI is InChI=1S/C12H15N5O2/c13-5-6-17-7-11(15-16-17)12(19)14-10-4-2-1-3-9(10)8-18/h1-4,7,18H,5-6,8,13H2,(H,14,19). The molecule has 100 valence electrons. The van der Waals surface area contributed by atoms with E-state index in [1.807, 2.05) is 0 Å². The molecule has 0 aliphatic carbocycles. The maximum absolute atomic E-state index is 12.0. The zero-order chi connectivity index (χ0) is 13.7. The fourth-order valence-electron chi connectivity index (χ4n) is 1.61. The van der Waals surface area contributed by atoms with Gasteiger partial charge in [-0.15, -0.1) is 5.10 Å². The van der Waals surface area contributed by atoms with E-state index < -0.39 is 0 Å². The summed E-state index contributed by atoms with van der Waals surface area (Å²) < 4.78 is 1.51. The molecule has 0 saturated heterocycles. The summed E-state index contributed by atoms with van der Waals surface area (Å²) >= 11 is 0. The van der Waals surface area contributed by atoms with Crippen molar-refractivity contribution in [2.45, 2.75) is 13.2 Å². The summed E-state index contributed by atoms with van der Waals surface area (Å²) in [6.45, 7) is 0.793. The summed E-state index contributed by atoms with van der Waals surface area (Å²) in [5.74, 6) is -0.371. The maximum Gasteiger partial charge on any atom is 0.277 e. The van der Waals surface area contributed by atoms with Gasteiger partial charge in [-0.3, -0.25) is 9.48 Å². The number of carbonyl (C=O) groups is 1. The van der Waals surface area contributed by atoms with E-state index in [9.17, 15) is 9.90 Å². The summed E-state index contributed by atoms with van der Waals surface area (Å²) in [5, 5.41) is 19.4. The predicted molar refractivity (Wildman–Crippen MR) is 69.4 cm³/mol. The third-order valence-electron chi connectivity index (χ3n) is 2.57. The van der Waals surface area contributed by atoms with Crippen molar-refractivity contribution in [2.24, 2.45) is 5.73 Å². The monoisotopic (exact) mass is 261 g/mol. The molecule has 0 atom stereocenters. The number of nitrogens with zero attached hydrogens (tertiary/aromatic N) is 3. The van der Waals surface area contributed by atoms with Gasteiger partial charge in [0.1, 0.15) is 0 Å². The molecule has 1 amide bonds. The molecule has 0 radical (unpaired) electrons. The lowest BCUT2D eigenvalue weighted by atomic mass is 10.2. The Morgan fingerprint density at radius 3 is 2.95 bits per heavy atom. The van der Waals surface area contributed by atoms with E-state index >= 15 is 0 Å². The van der Waals surface area contributed by atoms with Crippen LogP contribution in [0.4, 0.5) is 5.69 Å². The zero-order valence-corrected chi connectivity index (χ0v) is 10.3. The van der Waals surface area contributed by atoms with Gasteiger partial charge in [0.15, 0.2) is 5.69 Å². The van der Waals surface area contributed by atoms with E-state index in [4.69, 9.17) is 5.73 Å². The van der Waals surface area contributed by atoms with Crippen molar-refractivity contribution in [1.82, 2.24) is 15.0 Å². The molecule has 7 heteroatoms. The first-order valence-electron chi connectivity index (χ1n) is 5.85. The second-order valence-corrected chi connectivity index (χ2v) is 3.92. The first kappa shape index (κ1) is 13.2. The highest BCUT2D eigenvalue weighted by atomic mass is 16.3. The van der Waals surface area contributed by atoms with Crippen LogP contribution in [0.1, 0.15) is 16.1 Å². The number of para-hydroxylation sites is 1. The van der Waals surface area contributed by atoms with Gasteiger partial charge in [0.25, 0.3) is 5.91 Å². The third-order valence-corrected chi connectivity index (χ3v) is 2.57. The summed E-state index contributed by atoms with van der Waals surface area (Å²) in [4.78, 5) is 12.0. The average Bonchev–Trinajstić information content (AvgIpc) is 2.88. The molecule has 0 fully saturated rings. The Labute approximate surface area is 110 Å². The summed E-state index contributed by atoms with van der Waals surface area (Å²) in [5.41, 5.74) is 6.80. The third kappa shape index (κ3) is 3.15. The Morgan fingerprint density at radius 1 is 1.42 bits per heavy atom. The largest absolute Gasteiger partial charge is 0.392 e. The van der Waals surface area contributed by atoms with Crippen molar-refractivity contribution in [3.05, 3.63) is 41.7 Å². The first-order chi connectivity index (χ1) is 9.24. The van der Waals surface area contributed by atoms with Gasteiger partial charge in [-0.25, -0.2) is 0 Å². The van der Waals surface area contributed by atoms with E-state index in [-0.39, 0.29) is 18.2 Å². The molecule has 1 aromatic carbocycles. The molecule has 0 saturated carbocycles. The molecule has 0 aliphatic rings. The predicted octanol–water partition coefficient (Wildman–Crippen LogP) is -0.0186. The van der Waals surface area contributed by atoms with Crippen molar-refractivity contribution in [3.8, 4) is 0 Å². The number of benzene rings is 1. The smallest absolute Gasteiger partial charge is 0.277 e. The summed E-state index contributed by atoms with van der Waals surface area (Å²) in [6.07, 6.45) is 1.53. The molecule has 19 heavy (non-hydrogen) atoms. The molecular formula is C12H15N5O2. The van der Waals surface area contributed by atoms with E-state index in [0.29, 0.717) is 24.3 Å². The number of aliphatic hydroxyl groups excluding tert-OH is 1. The number of hydrogen-bond acceptors (Lipinski definition) is 5. The second-order valence-electron chi connectivity index (χ2n) is 3.92. The zero-order valence-electron chi connectivity index (χ0n) is 10.3. The Morgan fingerprint density at radius 2 is 2.21 bits per heavy atom. The van der Waals surface area contributed by atoms with Gasteiger partial charge in [-0.1, -0.05) is 23.4 Å². The quantitative estimate of drug-likeness (QED) is 0.701. The maximum atomic E-state index is 12.0. The fraction of sp³-hybridized carbons (Fsp3) is 0.250. The van der Waals surface area contributed by atoms with Gasteiger partial charge in [0, 0.05) is 17.8 Å². The lowest BCUT2D eigenvalue weighted by Crippen LogP contribution is -2.14. The molecule has 7 nitrogen and oxygen atoms in total. The van der Waals surface area contributed by atoms with Crippen LogP contribution in [-0.2, 0) is 13.2 Å². The summed E-state index contributed by atoms with van der Waals surface area (Å²) in [6, 6.07) is 7.02. The SMILES string of the molecule is NCCn1cc(C(=O)Nc2ccccc2CO)nn1. The number of carbonyl (C=O) groups excluding carboxylic acids is 1. The number of hydrogen-bond donors (Lipinski definition) is 3. The highest BCUT2D eigenvalue weighted by Gasteiger charge is 2.12. The Balaban J connectivity index is 2.11. The molecule has 0 unspecified atom stereocenters. The van der Waals surface area contributed by atoms with Gasteiger partial charge in [-0.05, 0) is 6.07 Å². The average molecular weight is 261 g/mol. The molecule has 0 aliphatic heterocycles. The number of aromatic nitrogens is 3. The highest BCUT2D eigenvalue weighted by molar-refractivity contribution is 6.03. The summed E-state index contributed by atoms with van der Waals surface area (Å²) in [7, 11) is 0. The number of amides is 1. The lowest BCUT2D eigenvalue weighted by molar-refractivity contribution is 0.102. The van der Waals surface area contributed by atoms with Crippen LogP contribution in [0.15, 0.2) is 30.5 Å². The Bertz CT molecular complexity index is 567. The van der Waals surface area contributed by atoms with Gasteiger partial charge in [0.05, 0.1) is 19.3 Å². The van der Waals surface area contributed by atoms with Crippen molar-refractivity contribution >= 4 is 11.6 Å². The van der Waals surface area contributed by atoms with E-state index in [2.05, 4.69) is 15.6 Å². The van der Waals surface area contributed by atoms with Gasteiger partial charge in [0.2, 0.25) is 0 Å². The number of aliphatic hydroxyl groups is 1. The molecule has 4 N–H and O–H groups in total. The molecular weight excluding hydrogens is 246 g/mol. The molecule has 1 aromatic heterocycles. The number of nitrogens with two attached hydrogens (primary N) is 1. The first-order valence-corrected chi connectivity index (χ1v) is 5.85. The van der Waals surface area contributed by atoms with Crippen LogP contribution in [0, 0.1) is 0 Å². The highest BCUT2D eigenvalue weighted by Crippen LogP contribution is 2.15. The van der Waals surface area contributed by atoms with Crippen LogP contribution < -0.4 is 11.1 Å². The number of rotatable bonds is 5. The Hall–Kier alpha value is -2.25. The molecule has 2 rings (SSSR count). The molecule has 0 bridgehead atoms. The number of anilines is 1. The second kappa shape index (κ2) is 6.07. The topological polar surface area (TPSA) is 106 Å². The minimum absolute atomic E-state index is 0.143. The van der Waals surface area contributed by atoms with Crippen LogP contribution in [0.25, 0.3) is 0 Å². The van der Waals surface area contributed by atoms with E-state index in [0.717, 1.165) is 0 Å². The van der Waals surface area contributed by atoms with Crippen molar-refractivity contribution in [1.29, 1.82) is 0 Å². The van der Waals surface area contributed by atoms with Gasteiger partial charge < -0.3 is 16.2 Å². The van der Waals surface area contributed by atoms with Crippen LogP contribution in [0.3, 0.4) is 0 Å². The van der Waals surface area contributed by atoms with Crippen molar-refractivity contribution in [2.75, 3.05) is 11.9 Å². The normalized spacial score (nSPS) is 10.4. The number of nitrogens with one attached hydrogen (secondary N) is 1. The Kier molecular flexibility index (Phi) is 4.22. The van der Waals surface area contributed by atoms with Gasteiger partial charge in [-0.2, -0.15) is 0 Å².